The molecule has 0 aliphatic carbocycles. The average molecular weight is 409 g/mol. The Bertz CT molecular complexity index is 1250. The van der Waals surface area contributed by atoms with E-state index in [1.165, 1.54) is 46.1 Å². The van der Waals surface area contributed by atoms with Gasteiger partial charge in [-0.1, -0.05) is 6.07 Å². The van der Waals surface area contributed by atoms with Crippen molar-refractivity contribution in [2.75, 3.05) is 5.32 Å². The van der Waals surface area contributed by atoms with E-state index in [1.807, 2.05) is 6.92 Å². The van der Waals surface area contributed by atoms with E-state index >= 15 is 0 Å². The lowest BCUT2D eigenvalue weighted by atomic mass is 10.2. The molecule has 8 heteroatoms. The van der Waals surface area contributed by atoms with Crippen LogP contribution in [0.25, 0.3) is 4.96 Å². The van der Waals surface area contributed by atoms with E-state index in [2.05, 4.69) is 10.3 Å². The molecule has 4 rings (SSSR count). The smallest absolute Gasteiger partial charge is 0.258 e. The molecule has 4 aromatic rings. The van der Waals surface area contributed by atoms with E-state index in [4.69, 9.17) is 4.74 Å². The fourth-order valence-electron chi connectivity index (χ4n) is 2.76. The second-order valence-electron chi connectivity index (χ2n) is 6.36. The molecular weight excluding hydrogens is 393 g/mol. The van der Waals surface area contributed by atoms with Crippen LogP contribution < -0.4 is 15.6 Å². The van der Waals surface area contributed by atoms with Crippen molar-refractivity contribution in [3.05, 3.63) is 93.1 Å². The van der Waals surface area contributed by atoms with Crippen LogP contribution in [-0.2, 0) is 6.61 Å². The van der Waals surface area contributed by atoms with Gasteiger partial charge in [0.15, 0.2) is 4.96 Å². The number of nitrogens with one attached hydrogen (secondary N) is 1. The Morgan fingerprint density at radius 2 is 2.00 bits per heavy atom. The molecule has 0 saturated heterocycles. The minimum absolute atomic E-state index is 0.123. The molecule has 0 bridgehead atoms. The predicted octanol–water partition coefficient (Wildman–Crippen LogP) is 4.03. The molecule has 0 atom stereocenters. The first-order valence-electron chi connectivity index (χ1n) is 8.76. The minimum Gasteiger partial charge on any atom is -0.487 e. The molecule has 0 spiro atoms. The number of carbonyl (C=O) groups excluding carboxylic acids is 1. The second kappa shape index (κ2) is 7.84. The molecule has 0 unspecified atom stereocenters. The summed E-state index contributed by atoms with van der Waals surface area (Å²) in [5.74, 6) is -0.234. The Morgan fingerprint density at radius 3 is 2.79 bits per heavy atom. The quantitative estimate of drug-likeness (QED) is 0.540. The van der Waals surface area contributed by atoms with Crippen molar-refractivity contribution in [3.8, 4) is 5.75 Å². The van der Waals surface area contributed by atoms with E-state index in [1.54, 1.807) is 30.5 Å². The number of hydrogen-bond acceptors (Lipinski definition) is 5. The molecule has 2 aromatic heterocycles. The summed E-state index contributed by atoms with van der Waals surface area (Å²) in [6.07, 6.45) is 1.76. The van der Waals surface area contributed by atoms with Crippen molar-refractivity contribution in [2.24, 2.45) is 0 Å². The summed E-state index contributed by atoms with van der Waals surface area (Å²) in [5.41, 5.74) is 1.26. The summed E-state index contributed by atoms with van der Waals surface area (Å²) in [7, 11) is 0. The molecule has 1 N–H and O–H groups in total. The van der Waals surface area contributed by atoms with Crippen LogP contribution in [0.3, 0.4) is 0 Å². The van der Waals surface area contributed by atoms with Gasteiger partial charge in [-0.25, -0.2) is 9.37 Å². The first-order valence-corrected chi connectivity index (χ1v) is 9.58. The normalized spacial score (nSPS) is 10.8. The van der Waals surface area contributed by atoms with Gasteiger partial charge < -0.3 is 10.1 Å². The van der Waals surface area contributed by atoms with Gasteiger partial charge in [-0.15, -0.1) is 11.3 Å². The Kier molecular flexibility index (Phi) is 5.09. The van der Waals surface area contributed by atoms with Crippen LogP contribution in [0.1, 0.15) is 20.9 Å². The lowest BCUT2D eigenvalue weighted by molar-refractivity contribution is 0.102. The average Bonchev–Trinajstić information content (AvgIpc) is 3.08. The van der Waals surface area contributed by atoms with Crippen molar-refractivity contribution in [1.82, 2.24) is 9.38 Å². The highest BCUT2D eigenvalue weighted by molar-refractivity contribution is 7.16. The molecule has 0 radical (unpaired) electrons. The molecule has 2 heterocycles. The number of ether oxygens (including phenoxy) is 1. The highest BCUT2D eigenvalue weighted by atomic mass is 32.1. The van der Waals surface area contributed by atoms with Gasteiger partial charge in [0, 0.05) is 34.5 Å². The van der Waals surface area contributed by atoms with Crippen molar-refractivity contribution in [2.45, 2.75) is 13.5 Å². The second-order valence-corrected chi connectivity index (χ2v) is 7.57. The van der Waals surface area contributed by atoms with E-state index in [9.17, 15) is 14.0 Å². The number of anilines is 1. The minimum atomic E-state index is -0.402. The largest absolute Gasteiger partial charge is 0.487 e. The Labute approximate surface area is 169 Å². The molecule has 29 heavy (non-hydrogen) atoms. The first-order chi connectivity index (χ1) is 14.0. The molecule has 1 amide bonds. The number of carbonyl (C=O) groups is 1. The van der Waals surface area contributed by atoms with Crippen LogP contribution in [0.2, 0.25) is 0 Å². The Hall–Kier alpha value is -3.52. The van der Waals surface area contributed by atoms with Crippen molar-refractivity contribution >= 4 is 27.9 Å². The van der Waals surface area contributed by atoms with E-state index in [-0.39, 0.29) is 18.1 Å². The number of amides is 1. The molecule has 0 aliphatic heterocycles. The number of aromatic nitrogens is 2. The maximum Gasteiger partial charge on any atom is 0.258 e. The molecule has 0 aliphatic rings. The van der Waals surface area contributed by atoms with Crippen molar-refractivity contribution < 1.29 is 13.9 Å². The standard InChI is InChI=1S/C21H16FN3O3S/c1-13-11-25-19(26)10-17(24-21(25)29-13)12-28-18-4-2-3-16(9-18)23-20(27)14-5-7-15(22)8-6-14/h2-11H,12H2,1H3,(H,23,27). The molecule has 146 valence electrons. The van der Waals surface area contributed by atoms with Crippen LogP contribution in [0, 0.1) is 12.7 Å². The SMILES string of the molecule is Cc1cn2c(=O)cc(COc3cccc(NC(=O)c4ccc(F)cc4)c3)nc2s1. The lowest BCUT2D eigenvalue weighted by Crippen LogP contribution is -2.14. The molecule has 6 nitrogen and oxygen atoms in total. The maximum atomic E-state index is 13.0. The van der Waals surface area contributed by atoms with Gasteiger partial charge in [-0.3, -0.25) is 14.0 Å². The number of hydrogen-bond donors (Lipinski definition) is 1. The Balaban J connectivity index is 1.46. The summed E-state index contributed by atoms with van der Waals surface area (Å²) in [6, 6.07) is 13.6. The van der Waals surface area contributed by atoms with Crippen molar-refractivity contribution in [3.63, 3.8) is 0 Å². The van der Waals surface area contributed by atoms with Gasteiger partial charge in [0.25, 0.3) is 11.5 Å². The molecule has 2 aromatic carbocycles. The van der Waals surface area contributed by atoms with E-state index in [0.717, 1.165) is 4.88 Å². The van der Waals surface area contributed by atoms with Gasteiger partial charge in [-0.2, -0.15) is 0 Å². The monoisotopic (exact) mass is 409 g/mol. The zero-order chi connectivity index (χ0) is 20.4. The highest BCUT2D eigenvalue weighted by Crippen LogP contribution is 2.20. The zero-order valence-corrected chi connectivity index (χ0v) is 16.2. The Morgan fingerprint density at radius 1 is 1.21 bits per heavy atom. The van der Waals surface area contributed by atoms with Crippen LogP contribution in [0.15, 0.2) is 65.6 Å². The number of halogens is 1. The van der Waals surface area contributed by atoms with E-state index in [0.29, 0.717) is 27.7 Å². The van der Waals surface area contributed by atoms with Crippen LogP contribution >= 0.6 is 11.3 Å². The van der Waals surface area contributed by atoms with E-state index < -0.39 is 5.82 Å². The fraction of sp³-hybridized carbons (Fsp3) is 0.0952. The number of rotatable bonds is 5. The molecular formula is C21H16FN3O3S. The maximum absolute atomic E-state index is 13.0. The third-order valence-electron chi connectivity index (χ3n) is 4.12. The van der Waals surface area contributed by atoms with Gasteiger partial charge in [-0.05, 0) is 43.3 Å². The van der Waals surface area contributed by atoms with Gasteiger partial charge >= 0.3 is 0 Å². The van der Waals surface area contributed by atoms with Crippen LogP contribution in [-0.4, -0.2) is 15.3 Å². The number of benzene rings is 2. The zero-order valence-electron chi connectivity index (χ0n) is 15.4. The van der Waals surface area contributed by atoms with Gasteiger partial charge in [0.2, 0.25) is 0 Å². The summed E-state index contributed by atoms with van der Waals surface area (Å²) in [4.78, 5) is 30.5. The molecule has 0 fully saturated rings. The third-order valence-corrected chi connectivity index (χ3v) is 5.02. The number of fused-ring (bicyclic) bond motifs is 1. The number of thiazole rings is 1. The lowest BCUT2D eigenvalue weighted by Gasteiger charge is -2.09. The fourth-order valence-corrected chi connectivity index (χ4v) is 3.61. The van der Waals surface area contributed by atoms with Gasteiger partial charge in [0.1, 0.15) is 18.2 Å². The predicted molar refractivity (Wildman–Crippen MR) is 109 cm³/mol. The third kappa shape index (κ3) is 4.33. The van der Waals surface area contributed by atoms with Crippen molar-refractivity contribution in [1.29, 1.82) is 0 Å². The topological polar surface area (TPSA) is 72.7 Å². The molecule has 0 saturated carbocycles. The van der Waals surface area contributed by atoms with Gasteiger partial charge in [0.05, 0.1) is 5.69 Å². The highest BCUT2D eigenvalue weighted by Gasteiger charge is 2.08. The number of aryl methyl sites for hydroxylation is 1. The summed E-state index contributed by atoms with van der Waals surface area (Å²) < 4.78 is 20.2. The summed E-state index contributed by atoms with van der Waals surface area (Å²) in [5, 5.41) is 2.74. The van der Waals surface area contributed by atoms with Crippen LogP contribution in [0.4, 0.5) is 10.1 Å². The summed E-state index contributed by atoms with van der Waals surface area (Å²) in [6.45, 7) is 2.04. The number of nitrogens with zero attached hydrogens (tertiary/aromatic N) is 2. The van der Waals surface area contributed by atoms with Crippen LogP contribution in [0.5, 0.6) is 5.75 Å². The first kappa shape index (κ1) is 18.8. The summed E-state index contributed by atoms with van der Waals surface area (Å²) >= 11 is 1.44.